The zero-order valence-electron chi connectivity index (χ0n) is 20.3. The summed E-state index contributed by atoms with van der Waals surface area (Å²) in [6, 6.07) is 21.7. The molecule has 2 aromatic rings. The highest BCUT2D eigenvalue weighted by atomic mass is 32.2. The van der Waals surface area contributed by atoms with Gasteiger partial charge in [0.25, 0.3) is 0 Å². The fourth-order valence-corrected chi connectivity index (χ4v) is 10.0. The molecule has 2 nitrogen and oxygen atoms in total. The van der Waals surface area contributed by atoms with Crippen LogP contribution in [0.5, 0.6) is 0 Å². The number of allylic oxidation sites excluding steroid dienone is 4. The number of hydrogen-bond acceptors (Lipinski definition) is 2. The van der Waals surface area contributed by atoms with E-state index in [1.54, 1.807) is 0 Å². The fraction of sp³-hybridized carbons (Fsp3) is 0.452. The quantitative estimate of drug-likeness (QED) is 0.330. The number of esters is 1. The maximum absolute atomic E-state index is 13.6. The molecule has 3 heteroatoms. The Morgan fingerprint density at radius 2 is 1.35 bits per heavy atom. The zero-order chi connectivity index (χ0) is 23.3. The van der Waals surface area contributed by atoms with Crippen LogP contribution in [-0.2, 0) is 20.4 Å². The van der Waals surface area contributed by atoms with Crippen molar-refractivity contribution < 1.29 is 9.53 Å². The molecule has 4 fully saturated rings. The molecule has 176 valence electrons. The molecule has 7 rings (SSSR count). The van der Waals surface area contributed by atoms with Crippen molar-refractivity contribution >= 4 is 16.9 Å². The number of carbonyl (C=O) groups excluding carboxylic acids is 1. The van der Waals surface area contributed by atoms with Crippen LogP contribution in [0.1, 0.15) is 58.8 Å². The molecule has 0 spiro atoms. The molecule has 4 bridgehead atoms. The normalized spacial score (nSPS) is 32.1. The van der Waals surface area contributed by atoms with Gasteiger partial charge in [0.1, 0.15) is 10.7 Å². The monoisotopic (exact) mass is 471 g/mol. The first-order chi connectivity index (χ1) is 16.5. The van der Waals surface area contributed by atoms with Crippen LogP contribution >= 0.6 is 0 Å². The van der Waals surface area contributed by atoms with Gasteiger partial charge < -0.3 is 4.74 Å². The van der Waals surface area contributed by atoms with Crippen molar-refractivity contribution in [3.8, 4) is 0 Å². The molecule has 0 amide bonds. The van der Waals surface area contributed by atoms with Gasteiger partial charge in [-0.3, -0.25) is 4.79 Å². The minimum Gasteiger partial charge on any atom is -0.430 e. The second kappa shape index (κ2) is 8.75. The topological polar surface area (TPSA) is 26.3 Å². The van der Waals surface area contributed by atoms with Crippen molar-refractivity contribution in [3.05, 3.63) is 83.0 Å². The molecule has 0 saturated heterocycles. The Bertz CT molecular complexity index is 1060. The first-order valence-corrected chi connectivity index (χ1v) is 14.2. The Hall–Kier alpha value is -2.26. The van der Waals surface area contributed by atoms with Gasteiger partial charge in [-0.2, -0.15) is 0 Å². The lowest BCUT2D eigenvalue weighted by Gasteiger charge is -2.55. The molecule has 1 atom stereocenters. The summed E-state index contributed by atoms with van der Waals surface area (Å²) >= 11 is 0. The summed E-state index contributed by atoms with van der Waals surface area (Å²) in [7, 11) is -0.129. The van der Waals surface area contributed by atoms with Crippen LogP contribution in [0.3, 0.4) is 0 Å². The minimum absolute atomic E-state index is 0.0785. The Kier molecular flexibility index (Phi) is 5.72. The highest BCUT2D eigenvalue weighted by molar-refractivity contribution is 8.00. The molecule has 0 heterocycles. The maximum Gasteiger partial charge on any atom is 0.317 e. The van der Waals surface area contributed by atoms with Gasteiger partial charge in [0.05, 0.1) is 16.3 Å². The minimum atomic E-state index is -0.204. The van der Waals surface area contributed by atoms with E-state index in [4.69, 9.17) is 4.74 Å². The molecule has 0 aromatic heterocycles. The SMILES string of the molecule is CC1=C(OC(=O)C23CC4CC(CC(C4)C2)C3)C(C)CC([S+](c2ccccc2)c2ccccc2)=C1. The summed E-state index contributed by atoms with van der Waals surface area (Å²) in [5.74, 6) is 3.46. The predicted octanol–water partition coefficient (Wildman–Crippen LogP) is 7.68. The molecular weight excluding hydrogens is 436 g/mol. The summed E-state index contributed by atoms with van der Waals surface area (Å²) in [4.78, 5) is 17.8. The maximum atomic E-state index is 13.6. The smallest absolute Gasteiger partial charge is 0.317 e. The van der Waals surface area contributed by atoms with Crippen LogP contribution in [0.4, 0.5) is 0 Å². The van der Waals surface area contributed by atoms with E-state index in [0.717, 1.165) is 54.8 Å². The lowest BCUT2D eigenvalue weighted by molar-refractivity contribution is -0.168. The van der Waals surface area contributed by atoms with Gasteiger partial charge in [0.2, 0.25) is 0 Å². The number of ether oxygens (including phenoxy) is 1. The van der Waals surface area contributed by atoms with Gasteiger partial charge in [0, 0.05) is 12.3 Å². The number of rotatable bonds is 5. The molecule has 34 heavy (non-hydrogen) atoms. The number of benzene rings is 2. The first-order valence-electron chi connectivity index (χ1n) is 13.0. The summed E-state index contributed by atoms with van der Waals surface area (Å²) in [5.41, 5.74) is 0.917. The van der Waals surface area contributed by atoms with E-state index in [9.17, 15) is 4.79 Å². The Morgan fingerprint density at radius 3 is 1.82 bits per heavy atom. The van der Waals surface area contributed by atoms with Crippen LogP contribution in [0, 0.1) is 29.1 Å². The van der Waals surface area contributed by atoms with Gasteiger partial charge in [-0.05, 0) is 99.1 Å². The number of hydrogen-bond donors (Lipinski definition) is 0. The Labute approximate surface area is 206 Å². The van der Waals surface area contributed by atoms with Crippen molar-refractivity contribution in [2.75, 3.05) is 0 Å². The summed E-state index contributed by atoms with van der Waals surface area (Å²) in [6.07, 6.45) is 10.5. The highest BCUT2D eigenvalue weighted by Crippen LogP contribution is 2.60. The largest absolute Gasteiger partial charge is 0.430 e. The van der Waals surface area contributed by atoms with Crippen LogP contribution in [-0.4, -0.2) is 5.97 Å². The molecular formula is C31H35O2S+. The van der Waals surface area contributed by atoms with Crippen LogP contribution < -0.4 is 0 Å². The molecule has 4 saturated carbocycles. The third-order valence-electron chi connectivity index (χ3n) is 8.62. The highest BCUT2D eigenvalue weighted by Gasteiger charge is 2.56. The molecule has 5 aliphatic rings. The first kappa shape index (κ1) is 22.2. The lowest BCUT2D eigenvalue weighted by Crippen LogP contribution is -2.50. The summed E-state index contributed by atoms with van der Waals surface area (Å²) in [5, 5.41) is 0. The van der Waals surface area contributed by atoms with E-state index in [1.807, 2.05) is 0 Å². The van der Waals surface area contributed by atoms with Crippen molar-refractivity contribution in [2.45, 2.75) is 68.6 Å². The molecule has 2 aromatic carbocycles. The third kappa shape index (κ3) is 3.96. The predicted molar refractivity (Wildman–Crippen MR) is 138 cm³/mol. The average Bonchev–Trinajstić information content (AvgIpc) is 2.82. The van der Waals surface area contributed by atoms with Crippen molar-refractivity contribution in [1.29, 1.82) is 0 Å². The van der Waals surface area contributed by atoms with Crippen LogP contribution in [0.15, 0.2) is 92.8 Å². The van der Waals surface area contributed by atoms with Gasteiger partial charge >= 0.3 is 5.97 Å². The average molecular weight is 472 g/mol. The third-order valence-corrected chi connectivity index (χ3v) is 10.9. The van der Waals surface area contributed by atoms with E-state index in [2.05, 4.69) is 80.6 Å². The molecule has 1 unspecified atom stereocenters. The van der Waals surface area contributed by atoms with Crippen molar-refractivity contribution in [2.24, 2.45) is 29.1 Å². The Balaban J connectivity index is 1.30. The second-order valence-electron chi connectivity index (χ2n) is 11.3. The van der Waals surface area contributed by atoms with Crippen molar-refractivity contribution in [1.82, 2.24) is 0 Å². The Morgan fingerprint density at radius 1 is 0.853 bits per heavy atom. The molecule has 0 radical (unpaired) electrons. The number of carbonyl (C=O) groups is 1. The summed E-state index contributed by atoms with van der Waals surface area (Å²) < 4.78 is 6.34. The molecule has 5 aliphatic carbocycles. The van der Waals surface area contributed by atoms with E-state index >= 15 is 0 Å². The summed E-state index contributed by atoms with van der Waals surface area (Å²) in [6.45, 7) is 4.37. The van der Waals surface area contributed by atoms with E-state index in [1.165, 1.54) is 34.0 Å². The van der Waals surface area contributed by atoms with Gasteiger partial charge in [-0.15, -0.1) is 0 Å². The van der Waals surface area contributed by atoms with Gasteiger partial charge in [-0.1, -0.05) is 43.3 Å². The van der Waals surface area contributed by atoms with Gasteiger partial charge in [0.15, 0.2) is 9.79 Å². The van der Waals surface area contributed by atoms with E-state index in [-0.39, 0.29) is 28.2 Å². The van der Waals surface area contributed by atoms with Gasteiger partial charge in [-0.25, -0.2) is 0 Å². The molecule has 0 aliphatic heterocycles. The lowest BCUT2D eigenvalue weighted by atomic mass is 9.49. The van der Waals surface area contributed by atoms with Crippen LogP contribution in [0.25, 0.3) is 0 Å². The van der Waals surface area contributed by atoms with Crippen molar-refractivity contribution in [3.63, 3.8) is 0 Å². The standard InChI is InChI=1S/C31H35O2S/c1-21-13-28(34(26-9-5-3-6-10-26)27-11-7-4-8-12-27)14-22(2)29(21)33-30(32)31-18-23-15-24(19-31)17-25(16-23)20-31/h3-13,22-25H,14-20H2,1-2H3/q+1. The second-order valence-corrected chi connectivity index (χ2v) is 13.4. The van der Waals surface area contributed by atoms with E-state index < -0.39 is 0 Å². The van der Waals surface area contributed by atoms with Crippen LogP contribution in [0.2, 0.25) is 0 Å². The fourth-order valence-electron chi connectivity index (χ4n) is 7.60. The molecule has 0 N–H and O–H groups in total. The van der Waals surface area contributed by atoms with E-state index in [0.29, 0.717) is 0 Å². The zero-order valence-corrected chi connectivity index (χ0v) is 21.2.